The highest BCUT2D eigenvalue weighted by atomic mass is 32.2. The molecule has 0 radical (unpaired) electrons. The molecule has 0 bridgehead atoms. The molecule has 12 heteroatoms. The summed E-state index contributed by atoms with van der Waals surface area (Å²) in [6.07, 6.45) is 1.68. The summed E-state index contributed by atoms with van der Waals surface area (Å²) in [6.45, 7) is 3.63. The smallest absolute Gasteiger partial charge is 0.264 e. The highest BCUT2D eigenvalue weighted by Gasteiger charge is 2.35. The molecule has 50 heavy (non-hydrogen) atoms. The SMILES string of the molecule is CCCCNC(=O)[C@@H](Cc1ccccc1)N(Cc1ccccc1F)C(=O)CN(c1ccc(OCC)cc1)S(=O)(=O)c1ccc(OC)c(OC)c1. The molecular formula is C38H44FN3O7S. The Labute approximate surface area is 293 Å². The predicted molar refractivity (Wildman–Crippen MR) is 190 cm³/mol. The maximum absolute atomic E-state index is 15.1. The molecule has 266 valence electrons. The normalized spacial score (nSPS) is 11.7. The van der Waals surface area contributed by atoms with Crippen molar-refractivity contribution >= 4 is 27.5 Å². The molecule has 0 saturated heterocycles. The van der Waals surface area contributed by atoms with Crippen molar-refractivity contribution < 1.29 is 36.6 Å². The molecule has 0 saturated carbocycles. The number of rotatable bonds is 18. The van der Waals surface area contributed by atoms with Crippen LogP contribution in [0, 0.1) is 5.82 Å². The molecule has 4 aromatic carbocycles. The van der Waals surface area contributed by atoms with E-state index < -0.39 is 40.2 Å². The number of nitrogens with zero attached hydrogens (tertiary/aromatic N) is 2. The number of amides is 2. The fourth-order valence-corrected chi connectivity index (χ4v) is 6.81. The van der Waals surface area contributed by atoms with Crippen molar-refractivity contribution in [2.75, 3.05) is 38.2 Å². The maximum atomic E-state index is 15.1. The molecule has 0 aliphatic heterocycles. The zero-order valence-corrected chi connectivity index (χ0v) is 29.6. The van der Waals surface area contributed by atoms with Crippen molar-refractivity contribution in [1.82, 2.24) is 10.2 Å². The van der Waals surface area contributed by atoms with E-state index in [0.29, 0.717) is 24.7 Å². The minimum atomic E-state index is -4.43. The lowest BCUT2D eigenvalue weighted by Gasteiger charge is -2.34. The summed E-state index contributed by atoms with van der Waals surface area (Å²) >= 11 is 0. The van der Waals surface area contributed by atoms with Crippen LogP contribution in [0.1, 0.15) is 37.8 Å². The summed E-state index contributed by atoms with van der Waals surface area (Å²) in [5.41, 5.74) is 1.13. The van der Waals surface area contributed by atoms with Gasteiger partial charge in [-0.05, 0) is 61.4 Å². The first-order chi connectivity index (χ1) is 24.1. The number of benzene rings is 4. The topological polar surface area (TPSA) is 114 Å². The van der Waals surface area contributed by atoms with Gasteiger partial charge in [0.2, 0.25) is 11.8 Å². The minimum absolute atomic E-state index is 0.116. The van der Waals surface area contributed by atoms with Crippen molar-refractivity contribution in [3.8, 4) is 17.2 Å². The second-order valence-corrected chi connectivity index (χ2v) is 13.3. The molecule has 0 aliphatic rings. The number of methoxy groups -OCH3 is 2. The lowest BCUT2D eigenvalue weighted by atomic mass is 10.0. The second kappa shape index (κ2) is 18.1. The Morgan fingerprint density at radius 2 is 1.54 bits per heavy atom. The number of hydrogen-bond acceptors (Lipinski definition) is 7. The number of sulfonamides is 1. The molecule has 0 aromatic heterocycles. The average Bonchev–Trinajstić information content (AvgIpc) is 3.13. The third-order valence-corrected chi connectivity index (χ3v) is 9.83. The average molecular weight is 706 g/mol. The first-order valence-corrected chi connectivity index (χ1v) is 17.9. The van der Waals surface area contributed by atoms with E-state index in [9.17, 15) is 18.0 Å². The molecule has 2 amide bonds. The molecular weight excluding hydrogens is 661 g/mol. The van der Waals surface area contributed by atoms with Crippen molar-refractivity contribution in [2.24, 2.45) is 0 Å². The summed E-state index contributed by atoms with van der Waals surface area (Å²) in [7, 11) is -1.61. The highest BCUT2D eigenvalue weighted by Crippen LogP contribution is 2.33. The van der Waals surface area contributed by atoms with Gasteiger partial charge in [0.15, 0.2) is 11.5 Å². The van der Waals surface area contributed by atoms with Crippen molar-refractivity contribution in [3.63, 3.8) is 0 Å². The number of ether oxygens (including phenoxy) is 3. The van der Waals surface area contributed by atoms with Gasteiger partial charge in [-0.3, -0.25) is 13.9 Å². The van der Waals surface area contributed by atoms with Crippen LogP contribution in [0.2, 0.25) is 0 Å². The van der Waals surface area contributed by atoms with Gasteiger partial charge in [0.05, 0.1) is 31.4 Å². The zero-order valence-electron chi connectivity index (χ0n) is 28.8. The molecule has 4 rings (SSSR count). The number of carbonyl (C=O) groups excluding carboxylic acids is 2. The summed E-state index contributed by atoms with van der Waals surface area (Å²) in [6, 6.07) is 24.5. The Balaban J connectivity index is 1.83. The molecule has 0 fully saturated rings. The van der Waals surface area contributed by atoms with E-state index in [1.807, 2.05) is 44.2 Å². The first kappa shape index (κ1) is 37.7. The van der Waals surface area contributed by atoms with E-state index in [0.717, 1.165) is 22.7 Å². The quantitative estimate of drug-likeness (QED) is 0.127. The summed E-state index contributed by atoms with van der Waals surface area (Å²) < 4.78 is 61.2. The van der Waals surface area contributed by atoms with Crippen LogP contribution in [0.5, 0.6) is 17.2 Å². The van der Waals surface area contributed by atoms with Crippen LogP contribution in [-0.2, 0) is 32.6 Å². The molecule has 0 spiro atoms. The van der Waals surface area contributed by atoms with Crippen LogP contribution >= 0.6 is 0 Å². The van der Waals surface area contributed by atoms with Crippen molar-refractivity contribution in [1.29, 1.82) is 0 Å². The fourth-order valence-electron chi connectivity index (χ4n) is 5.38. The molecule has 0 unspecified atom stereocenters. The van der Waals surface area contributed by atoms with Gasteiger partial charge in [-0.1, -0.05) is 61.9 Å². The van der Waals surface area contributed by atoms with E-state index in [-0.39, 0.29) is 34.9 Å². The molecule has 1 N–H and O–H groups in total. The van der Waals surface area contributed by atoms with E-state index >= 15 is 4.39 Å². The number of hydrogen-bond donors (Lipinski definition) is 1. The predicted octanol–water partition coefficient (Wildman–Crippen LogP) is 5.99. The Kier molecular flexibility index (Phi) is 13.6. The van der Waals surface area contributed by atoms with Crippen LogP contribution in [-0.4, -0.2) is 65.1 Å². The van der Waals surface area contributed by atoms with E-state index in [1.165, 1.54) is 67.7 Å². The van der Waals surface area contributed by atoms with E-state index in [4.69, 9.17) is 14.2 Å². The molecule has 4 aromatic rings. The Morgan fingerprint density at radius 3 is 2.18 bits per heavy atom. The standard InChI is InChI=1S/C38H44FN3O7S/c1-5-7-23-40-38(44)34(24-28-13-9-8-10-14-28)41(26-29-15-11-12-16-33(29)39)37(43)27-42(30-17-19-31(20-18-30)49-6-2)50(45,46)32-21-22-35(47-3)36(25-32)48-4/h8-22,25,34H,5-7,23-24,26-27H2,1-4H3,(H,40,44)/t34-/m1/s1. The van der Waals surface area contributed by atoms with Gasteiger partial charge in [-0.25, -0.2) is 12.8 Å². The minimum Gasteiger partial charge on any atom is -0.494 e. The van der Waals surface area contributed by atoms with Crippen LogP contribution in [0.3, 0.4) is 0 Å². The van der Waals surface area contributed by atoms with E-state index in [2.05, 4.69) is 5.32 Å². The lowest BCUT2D eigenvalue weighted by molar-refractivity contribution is -0.140. The van der Waals surface area contributed by atoms with Crippen molar-refractivity contribution in [2.45, 2.75) is 50.6 Å². The molecule has 0 heterocycles. The van der Waals surface area contributed by atoms with Crippen LogP contribution in [0.4, 0.5) is 10.1 Å². The van der Waals surface area contributed by atoms with Gasteiger partial charge in [-0.2, -0.15) is 0 Å². The van der Waals surface area contributed by atoms with Crippen LogP contribution in [0.25, 0.3) is 0 Å². The van der Waals surface area contributed by atoms with Crippen LogP contribution in [0.15, 0.2) is 102 Å². The maximum Gasteiger partial charge on any atom is 0.264 e. The monoisotopic (exact) mass is 705 g/mol. The Bertz CT molecular complexity index is 1820. The van der Waals surface area contributed by atoms with Gasteiger partial charge in [0.1, 0.15) is 24.2 Å². The van der Waals surface area contributed by atoms with Crippen LogP contribution < -0.4 is 23.8 Å². The highest BCUT2D eigenvalue weighted by molar-refractivity contribution is 7.92. The molecule has 10 nitrogen and oxygen atoms in total. The van der Waals surface area contributed by atoms with Gasteiger partial charge in [0, 0.05) is 31.1 Å². The third-order valence-electron chi connectivity index (χ3n) is 8.06. The van der Waals surface area contributed by atoms with Crippen molar-refractivity contribution in [3.05, 3.63) is 114 Å². The van der Waals surface area contributed by atoms with Gasteiger partial charge >= 0.3 is 0 Å². The van der Waals surface area contributed by atoms with E-state index in [1.54, 1.807) is 18.2 Å². The molecule has 0 aliphatic carbocycles. The number of halogens is 1. The number of nitrogens with one attached hydrogen (secondary N) is 1. The Hall–Kier alpha value is -5.10. The fraction of sp³-hybridized carbons (Fsp3) is 0.316. The van der Waals surface area contributed by atoms with Gasteiger partial charge in [0.25, 0.3) is 10.0 Å². The second-order valence-electron chi connectivity index (χ2n) is 11.4. The summed E-state index contributed by atoms with van der Waals surface area (Å²) in [5.74, 6) is -0.682. The number of carbonyl (C=O) groups is 2. The molecule has 1 atom stereocenters. The first-order valence-electron chi connectivity index (χ1n) is 16.4. The largest absolute Gasteiger partial charge is 0.494 e. The zero-order chi connectivity index (χ0) is 36.1. The number of unbranched alkanes of at least 4 members (excludes halogenated alkanes) is 1. The summed E-state index contributed by atoms with van der Waals surface area (Å²) in [5, 5.41) is 2.92. The van der Waals surface area contributed by atoms with Gasteiger partial charge < -0.3 is 24.4 Å². The lowest BCUT2D eigenvalue weighted by Crippen LogP contribution is -2.53. The summed E-state index contributed by atoms with van der Waals surface area (Å²) in [4.78, 5) is 29.6. The Morgan fingerprint density at radius 1 is 0.860 bits per heavy atom. The number of anilines is 1. The van der Waals surface area contributed by atoms with Gasteiger partial charge in [-0.15, -0.1) is 0 Å². The third kappa shape index (κ3) is 9.53.